The Bertz CT molecular complexity index is 359. The quantitative estimate of drug-likeness (QED) is 0.720. The van der Waals surface area contributed by atoms with Gasteiger partial charge in [0.05, 0.1) is 6.26 Å². The van der Waals surface area contributed by atoms with Crippen molar-refractivity contribution in [3.63, 3.8) is 0 Å². The molecule has 0 spiro atoms. The summed E-state index contributed by atoms with van der Waals surface area (Å²) in [7, 11) is 1.77. The van der Waals surface area contributed by atoms with Crippen molar-refractivity contribution in [3.8, 4) is 0 Å². The number of carbonyl (C=O) groups is 1. The molecule has 0 saturated carbocycles. The van der Waals surface area contributed by atoms with E-state index in [0.29, 0.717) is 6.42 Å². The van der Waals surface area contributed by atoms with Gasteiger partial charge in [-0.3, -0.25) is 4.79 Å². The maximum Gasteiger partial charge on any atom is 0.224 e. The Morgan fingerprint density at radius 1 is 1.64 bits per heavy atom. The maximum absolute atomic E-state index is 11.4. The highest BCUT2D eigenvalue weighted by Gasteiger charge is 2.38. The molecule has 0 aliphatic carbocycles. The fraction of sp³-hybridized carbons (Fsp3) is 0.500. The van der Waals surface area contributed by atoms with Gasteiger partial charge in [-0.25, -0.2) is 0 Å². The first-order valence-electron chi connectivity index (χ1n) is 4.66. The molecule has 1 aliphatic heterocycles. The lowest BCUT2D eigenvalue weighted by Gasteiger charge is -2.21. The minimum atomic E-state index is -0.155. The summed E-state index contributed by atoms with van der Waals surface area (Å²) in [6, 6.07) is 1.63. The van der Waals surface area contributed by atoms with E-state index in [4.69, 9.17) is 10.2 Å². The van der Waals surface area contributed by atoms with Crippen LogP contribution >= 0.6 is 0 Å². The van der Waals surface area contributed by atoms with Crippen LogP contribution in [0.5, 0.6) is 0 Å². The van der Waals surface area contributed by atoms with Gasteiger partial charge in [0.25, 0.3) is 0 Å². The van der Waals surface area contributed by atoms with Gasteiger partial charge >= 0.3 is 0 Å². The van der Waals surface area contributed by atoms with Gasteiger partial charge in [0, 0.05) is 19.5 Å². The van der Waals surface area contributed by atoms with E-state index in [9.17, 15) is 4.79 Å². The molecule has 2 unspecified atom stereocenters. The predicted octanol–water partition coefficient (Wildman–Crippen LogP) is 0.819. The number of rotatable bonds is 1. The van der Waals surface area contributed by atoms with E-state index >= 15 is 0 Å². The third-order valence-corrected chi connectivity index (χ3v) is 2.80. The minimum Gasteiger partial charge on any atom is -0.467 e. The van der Waals surface area contributed by atoms with E-state index in [0.717, 1.165) is 11.3 Å². The Morgan fingerprint density at radius 2 is 2.36 bits per heavy atom. The Morgan fingerprint density at radius 3 is 2.79 bits per heavy atom. The van der Waals surface area contributed by atoms with Crippen molar-refractivity contribution in [2.45, 2.75) is 25.4 Å². The van der Waals surface area contributed by atoms with Crippen LogP contribution in [0.3, 0.4) is 0 Å². The Kier molecular flexibility index (Phi) is 2.07. The van der Waals surface area contributed by atoms with E-state index in [1.165, 1.54) is 0 Å². The zero-order valence-corrected chi connectivity index (χ0v) is 8.36. The average molecular weight is 194 g/mol. The number of hydrogen-bond donors (Lipinski definition) is 1. The molecule has 1 fully saturated rings. The van der Waals surface area contributed by atoms with Crippen molar-refractivity contribution in [1.82, 2.24) is 4.90 Å². The van der Waals surface area contributed by atoms with Crippen LogP contribution in [-0.4, -0.2) is 23.9 Å². The van der Waals surface area contributed by atoms with Crippen LogP contribution in [0.1, 0.15) is 23.8 Å². The Balaban J connectivity index is 2.35. The number of likely N-dealkylation sites (tertiary alicyclic amines) is 1. The number of hydrogen-bond acceptors (Lipinski definition) is 3. The number of nitrogens with zero attached hydrogens (tertiary/aromatic N) is 1. The third-order valence-electron chi connectivity index (χ3n) is 2.80. The molecule has 1 aromatic rings. The summed E-state index contributed by atoms with van der Waals surface area (Å²) in [6.45, 7) is 1.96. The van der Waals surface area contributed by atoms with Crippen molar-refractivity contribution in [3.05, 3.63) is 23.7 Å². The van der Waals surface area contributed by atoms with E-state index in [1.807, 2.05) is 13.0 Å². The Labute approximate surface area is 82.7 Å². The number of carbonyl (C=O) groups excluding carboxylic acids is 1. The summed E-state index contributed by atoms with van der Waals surface area (Å²) < 4.78 is 5.36. The van der Waals surface area contributed by atoms with Gasteiger partial charge in [0.1, 0.15) is 11.8 Å². The van der Waals surface area contributed by atoms with Crippen LogP contribution in [0.15, 0.2) is 16.7 Å². The molecule has 2 atom stereocenters. The zero-order chi connectivity index (χ0) is 10.3. The fourth-order valence-electron chi connectivity index (χ4n) is 1.96. The van der Waals surface area contributed by atoms with E-state index in [1.54, 1.807) is 18.2 Å². The smallest absolute Gasteiger partial charge is 0.224 e. The number of furan rings is 1. The van der Waals surface area contributed by atoms with Gasteiger partial charge in [-0.05, 0) is 18.6 Å². The second-order valence-corrected chi connectivity index (χ2v) is 3.79. The Hall–Kier alpha value is -1.29. The first kappa shape index (κ1) is 9.27. The standard InChI is InChI=1S/C10H14N2O2/c1-6-3-4-14-10(6)9-7(11)5-8(13)12(9)2/h3-4,7,9H,5,11H2,1-2H3. The molecule has 0 bridgehead atoms. The molecule has 1 amide bonds. The van der Waals surface area contributed by atoms with E-state index in [-0.39, 0.29) is 18.0 Å². The van der Waals surface area contributed by atoms with Crippen LogP contribution in [0.4, 0.5) is 0 Å². The molecule has 76 valence electrons. The molecule has 2 N–H and O–H groups in total. The minimum absolute atomic E-state index is 0.0818. The summed E-state index contributed by atoms with van der Waals surface area (Å²) in [6.07, 6.45) is 2.04. The number of aryl methyl sites for hydroxylation is 1. The van der Waals surface area contributed by atoms with Gasteiger partial charge in [-0.1, -0.05) is 0 Å². The predicted molar refractivity (Wildman–Crippen MR) is 51.5 cm³/mol. The third kappa shape index (κ3) is 1.23. The average Bonchev–Trinajstić information content (AvgIpc) is 2.60. The molecule has 0 aromatic carbocycles. The molecule has 0 radical (unpaired) electrons. The molecule has 1 aromatic heterocycles. The highest BCUT2D eigenvalue weighted by molar-refractivity contribution is 5.79. The molecule has 14 heavy (non-hydrogen) atoms. The lowest BCUT2D eigenvalue weighted by atomic mass is 10.1. The first-order chi connectivity index (χ1) is 6.61. The number of likely N-dealkylation sites (N-methyl/N-ethyl adjacent to an activating group) is 1. The molecule has 2 heterocycles. The van der Waals surface area contributed by atoms with Gasteiger partial charge < -0.3 is 15.1 Å². The van der Waals surface area contributed by atoms with Crippen LogP contribution < -0.4 is 5.73 Å². The zero-order valence-electron chi connectivity index (χ0n) is 8.36. The van der Waals surface area contributed by atoms with Crippen molar-refractivity contribution in [1.29, 1.82) is 0 Å². The topological polar surface area (TPSA) is 59.5 Å². The van der Waals surface area contributed by atoms with E-state index in [2.05, 4.69) is 0 Å². The van der Waals surface area contributed by atoms with Crippen LogP contribution in [0, 0.1) is 6.92 Å². The maximum atomic E-state index is 11.4. The molecular weight excluding hydrogens is 180 g/mol. The number of nitrogens with two attached hydrogens (primary N) is 1. The van der Waals surface area contributed by atoms with Gasteiger partial charge in [0.2, 0.25) is 5.91 Å². The molecule has 1 saturated heterocycles. The van der Waals surface area contributed by atoms with Gasteiger partial charge in [-0.15, -0.1) is 0 Å². The van der Waals surface area contributed by atoms with Crippen molar-refractivity contribution >= 4 is 5.91 Å². The molecular formula is C10H14N2O2. The summed E-state index contributed by atoms with van der Waals surface area (Å²) >= 11 is 0. The SMILES string of the molecule is Cc1ccoc1C1C(N)CC(=O)N1C. The summed E-state index contributed by atoms with van der Waals surface area (Å²) in [5, 5.41) is 0. The van der Waals surface area contributed by atoms with Crippen LogP contribution in [0.2, 0.25) is 0 Å². The monoisotopic (exact) mass is 194 g/mol. The molecule has 4 heteroatoms. The van der Waals surface area contributed by atoms with E-state index < -0.39 is 0 Å². The van der Waals surface area contributed by atoms with Crippen LogP contribution in [0.25, 0.3) is 0 Å². The molecule has 2 rings (SSSR count). The second kappa shape index (κ2) is 3.13. The number of amides is 1. The molecule has 4 nitrogen and oxygen atoms in total. The normalized spacial score (nSPS) is 27.4. The van der Waals surface area contributed by atoms with Crippen LogP contribution in [-0.2, 0) is 4.79 Å². The largest absolute Gasteiger partial charge is 0.467 e. The second-order valence-electron chi connectivity index (χ2n) is 3.79. The molecule has 1 aliphatic rings. The first-order valence-corrected chi connectivity index (χ1v) is 4.66. The lowest BCUT2D eigenvalue weighted by molar-refractivity contribution is -0.127. The van der Waals surface area contributed by atoms with Crippen molar-refractivity contribution in [2.24, 2.45) is 5.73 Å². The summed E-state index contributed by atoms with van der Waals surface area (Å²) in [5.74, 6) is 0.893. The summed E-state index contributed by atoms with van der Waals surface area (Å²) in [4.78, 5) is 13.1. The van der Waals surface area contributed by atoms with Gasteiger partial charge in [-0.2, -0.15) is 0 Å². The van der Waals surface area contributed by atoms with Gasteiger partial charge in [0.15, 0.2) is 0 Å². The summed E-state index contributed by atoms with van der Waals surface area (Å²) in [5.41, 5.74) is 6.95. The van der Waals surface area contributed by atoms with Crippen molar-refractivity contribution in [2.75, 3.05) is 7.05 Å². The fourth-order valence-corrected chi connectivity index (χ4v) is 1.96. The van der Waals surface area contributed by atoms with Crippen molar-refractivity contribution < 1.29 is 9.21 Å². The highest BCUT2D eigenvalue weighted by atomic mass is 16.3. The lowest BCUT2D eigenvalue weighted by Crippen LogP contribution is -2.30. The highest BCUT2D eigenvalue weighted by Crippen LogP contribution is 2.32.